The molecule has 0 saturated carbocycles. The van der Waals surface area contributed by atoms with E-state index in [1.54, 1.807) is 11.3 Å². The van der Waals surface area contributed by atoms with Crippen LogP contribution < -0.4 is 15.0 Å². The fourth-order valence-electron chi connectivity index (χ4n) is 4.02. The zero-order chi connectivity index (χ0) is 19.3. The van der Waals surface area contributed by atoms with Crippen molar-refractivity contribution < 1.29 is 9.53 Å². The second kappa shape index (κ2) is 6.83. The normalized spacial score (nSPS) is 19.6. The lowest BCUT2D eigenvalue weighted by atomic mass is 9.94. The third-order valence-corrected chi connectivity index (χ3v) is 6.65. The van der Waals surface area contributed by atoms with Gasteiger partial charge in [0.1, 0.15) is 16.4 Å². The first-order valence-corrected chi connectivity index (χ1v) is 10.4. The number of ether oxygens (including phenoxy) is 1. The number of anilines is 1. The van der Waals surface area contributed by atoms with Crippen LogP contribution in [0.1, 0.15) is 27.9 Å². The first-order chi connectivity index (χ1) is 13.6. The van der Waals surface area contributed by atoms with Gasteiger partial charge in [0.25, 0.3) is 0 Å². The zero-order valence-corrected chi connectivity index (χ0v) is 16.8. The van der Waals surface area contributed by atoms with E-state index in [9.17, 15) is 4.79 Å². The predicted molar refractivity (Wildman–Crippen MR) is 110 cm³/mol. The summed E-state index contributed by atoms with van der Waals surface area (Å²) >= 11 is 1.57. The number of fused-ring (bicyclic) bond motifs is 2. The standard InChI is InChI=1S/C21H22N4O2S/c1-12-16-11-19(28-20(16)24-13(2)23-12)17-9-14-3-4-15(10-18(14)27-21(17)26)25-7-5-22-6-8-25/h3-4,10-11,17,22H,5-9H2,1-2H3. The topological polar surface area (TPSA) is 67.3 Å². The second-order valence-electron chi connectivity index (χ2n) is 7.43. The van der Waals surface area contributed by atoms with Crippen LogP contribution in [0.4, 0.5) is 5.69 Å². The smallest absolute Gasteiger partial charge is 0.320 e. The van der Waals surface area contributed by atoms with Crippen molar-refractivity contribution in [1.82, 2.24) is 15.3 Å². The Labute approximate surface area is 167 Å². The zero-order valence-electron chi connectivity index (χ0n) is 16.0. The fraction of sp³-hybridized carbons (Fsp3) is 0.381. The summed E-state index contributed by atoms with van der Waals surface area (Å²) in [7, 11) is 0. The third-order valence-electron chi connectivity index (χ3n) is 5.51. The Morgan fingerprint density at radius 2 is 2.00 bits per heavy atom. The molecular weight excluding hydrogens is 372 g/mol. The molecule has 0 amide bonds. The minimum absolute atomic E-state index is 0.182. The summed E-state index contributed by atoms with van der Waals surface area (Å²) in [4.78, 5) is 26.0. The number of hydrogen-bond donors (Lipinski definition) is 1. The summed E-state index contributed by atoms with van der Waals surface area (Å²) in [5.41, 5.74) is 3.16. The summed E-state index contributed by atoms with van der Waals surface area (Å²) in [6.45, 7) is 7.78. The third kappa shape index (κ3) is 3.04. The highest BCUT2D eigenvalue weighted by Gasteiger charge is 2.32. The molecule has 1 N–H and O–H groups in total. The lowest BCUT2D eigenvalue weighted by Crippen LogP contribution is -2.43. The van der Waals surface area contributed by atoms with Crippen LogP contribution in [-0.2, 0) is 11.2 Å². The number of piperazine rings is 1. The van der Waals surface area contributed by atoms with Crippen molar-refractivity contribution in [3.8, 4) is 5.75 Å². The molecule has 1 saturated heterocycles. The molecule has 2 aliphatic rings. The summed E-state index contributed by atoms with van der Waals surface area (Å²) in [6, 6.07) is 8.32. The van der Waals surface area contributed by atoms with Gasteiger partial charge in [0, 0.05) is 53.9 Å². The van der Waals surface area contributed by atoms with E-state index < -0.39 is 0 Å². The lowest BCUT2D eigenvalue weighted by molar-refractivity contribution is -0.137. The Hall–Kier alpha value is -2.51. The number of benzene rings is 1. The van der Waals surface area contributed by atoms with Crippen LogP contribution in [0.3, 0.4) is 0 Å². The quantitative estimate of drug-likeness (QED) is 0.532. The van der Waals surface area contributed by atoms with Gasteiger partial charge in [-0.3, -0.25) is 4.79 Å². The summed E-state index contributed by atoms with van der Waals surface area (Å²) in [6.07, 6.45) is 0.661. The molecule has 0 aliphatic carbocycles. The molecule has 5 rings (SSSR count). The largest absolute Gasteiger partial charge is 0.426 e. The molecule has 2 aliphatic heterocycles. The molecule has 0 radical (unpaired) electrons. The number of aryl methyl sites for hydroxylation is 2. The van der Waals surface area contributed by atoms with Crippen molar-refractivity contribution >= 4 is 33.2 Å². The van der Waals surface area contributed by atoms with Crippen molar-refractivity contribution in [1.29, 1.82) is 0 Å². The summed E-state index contributed by atoms with van der Waals surface area (Å²) in [5, 5.41) is 4.39. The maximum absolute atomic E-state index is 12.8. The highest BCUT2D eigenvalue weighted by molar-refractivity contribution is 7.18. The Morgan fingerprint density at radius 1 is 1.18 bits per heavy atom. The van der Waals surface area contributed by atoms with E-state index in [-0.39, 0.29) is 11.9 Å². The van der Waals surface area contributed by atoms with Gasteiger partial charge in [-0.2, -0.15) is 0 Å². The Kier molecular flexibility index (Phi) is 4.29. The van der Waals surface area contributed by atoms with Crippen LogP contribution in [0.15, 0.2) is 24.3 Å². The summed E-state index contributed by atoms with van der Waals surface area (Å²) in [5.74, 6) is 0.996. The Morgan fingerprint density at radius 3 is 2.82 bits per heavy atom. The highest BCUT2D eigenvalue weighted by Crippen LogP contribution is 2.39. The molecule has 1 atom stereocenters. The second-order valence-corrected chi connectivity index (χ2v) is 8.49. The summed E-state index contributed by atoms with van der Waals surface area (Å²) < 4.78 is 5.77. The number of rotatable bonds is 2. The van der Waals surface area contributed by atoms with Gasteiger partial charge >= 0.3 is 5.97 Å². The molecule has 4 heterocycles. The average Bonchev–Trinajstić information content (AvgIpc) is 3.12. The molecular formula is C21H22N4O2S. The number of hydrogen-bond acceptors (Lipinski definition) is 7. The molecule has 7 heteroatoms. The van der Waals surface area contributed by atoms with E-state index in [2.05, 4.69) is 38.4 Å². The van der Waals surface area contributed by atoms with Gasteiger partial charge < -0.3 is 15.0 Å². The number of carbonyl (C=O) groups is 1. The van der Waals surface area contributed by atoms with Crippen LogP contribution in [-0.4, -0.2) is 42.1 Å². The molecule has 28 heavy (non-hydrogen) atoms. The minimum Gasteiger partial charge on any atom is -0.426 e. The molecule has 1 unspecified atom stereocenters. The van der Waals surface area contributed by atoms with Gasteiger partial charge in [0.2, 0.25) is 0 Å². The molecule has 0 spiro atoms. The molecule has 2 aromatic heterocycles. The van der Waals surface area contributed by atoms with Crippen LogP contribution in [0.5, 0.6) is 5.75 Å². The maximum atomic E-state index is 12.8. The number of thiophene rings is 1. The van der Waals surface area contributed by atoms with Crippen LogP contribution in [0, 0.1) is 13.8 Å². The van der Waals surface area contributed by atoms with Crippen molar-refractivity contribution in [2.45, 2.75) is 26.2 Å². The highest BCUT2D eigenvalue weighted by atomic mass is 32.1. The van der Waals surface area contributed by atoms with Crippen LogP contribution in [0.25, 0.3) is 10.2 Å². The van der Waals surface area contributed by atoms with E-state index in [0.717, 1.165) is 64.0 Å². The lowest BCUT2D eigenvalue weighted by Gasteiger charge is -2.31. The van der Waals surface area contributed by atoms with Crippen LogP contribution in [0.2, 0.25) is 0 Å². The molecule has 144 valence electrons. The van der Waals surface area contributed by atoms with E-state index >= 15 is 0 Å². The van der Waals surface area contributed by atoms with Crippen molar-refractivity contribution in [3.05, 3.63) is 46.2 Å². The van der Waals surface area contributed by atoms with Gasteiger partial charge in [-0.1, -0.05) is 6.07 Å². The van der Waals surface area contributed by atoms with Gasteiger partial charge in [-0.05, 0) is 38.0 Å². The number of esters is 1. The fourth-order valence-corrected chi connectivity index (χ4v) is 5.23. The minimum atomic E-state index is -0.281. The van der Waals surface area contributed by atoms with Gasteiger partial charge in [-0.25, -0.2) is 9.97 Å². The van der Waals surface area contributed by atoms with Gasteiger partial charge in [0.05, 0.1) is 5.92 Å². The molecule has 1 fully saturated rings. The molecule has 1 aromatic carbocycles. The SMILES string of the molecule is Cc1nc(C)c2cc(C3Cc4ccc(N5CCNCC5)cc4OC3=O)sc2n1. The number of aromatic nitrogens is 2. The van der Waals surface area contributed by atoms with Crippen molar-refractivity contribution in [3.63, 3.8) is 0 Å². The Bertz CT molecular complexity index is 1070. The van der Waals surface area contributed by atoms with Gasteiger partial charge in [-0.15, -0.1) is 11.3 Å². The van der Waals surface area contributed by atoms with E-state index in [0.29, 0.717) is 12.2 Å². The van der Waals surface area contributed by atoms with E-state index in [1.165, 1.54) is 0 Å². The first kappa shape index (κ1) is 17.6. The molecule has 0 bridgehead atoms. The van der Waals surface area contributed by atoms with E-state index in [1.807, 2.05) is 19.9 Å². The van der Waals surface area contributed by atoms with Crippen molar-refractivity contribution in [2.24, 2.45) is 0 Å². The average molecular weight is 395 g/mol. The number of nitrogens with one attached hydrogen (secondary N) is 1. The first-order valence-electron chi connectivity index (χ1n) is 9.63. The predicted octanol–water partition coefficient (Wildman–Crippen LogP) is 2.96. The molecule has 3 aromatic rings. The Balaban J connectivity index is 1.45. The van der Waals surface area contributed by atoms with E-state index in [4.69, 9.17) is 4.74 Å². The molecule has 6 nitrogen and oxygen atoms in total. The van der Waals surface area contributed by atoms with Gasteiger partial charge in [0.15, 0.2) is 0 Å². The maximum Gasteiger partial charge on any atom is 0.320 e. The van der Waals surface area contributed by atoms with Crippen molar-refractivity contribution in [2.75, 3.05) is 31.1 Å². The number of nitrogens with zero attached hydrogens (tertiary/aromatic N) is 3. The number of carbonyl (C=O) groups excluding carboxylic acids is 1. The van der Waals surface area contributed by atoms with Crippen LogP contribution >= 0.6 is 11.3 Å². The monoisotopic (exact) mass is 394 g/mol.